The first kappa shape index (κ1) is 20.0. The van der Waals surface area contributed by atoms with Crippen molar-refractivity contribution in [1.82, 2.24) is 19.9 Å². The Labute approximate surface area is 162 Å². The first-order valence-electron chi connectivity index (χ1n) is 7.20. The van der Waals surface area contributed by atoms with Crippen LogP contribution in [0.15, 0.2) is 32.3 Å². The number of guanidine groups is 1. The van der Waals surface area contributed by atoms with E-state index >= 15 is 0 Å². The fraction of sp³-hybridized carbons (Fsp3) is 0.467. The summed E-state index contributed by atoms with van der Waals surface area (Å²) in [6, 6.07) is 4.07. The Bertz CT molecular complexity index is 652. The zero-order valence-electron chi connectivity index (χ0n) is 13.8. The lowest BCUT2D eigenvalue weighted by atomic mass is 10.3. The average molecular weight is 496 g/mol. The molecule has 0 unspecified atom stereocenters. The van der Waals surface area contributed by atoms with Crippen molar-refractivity contribution in [2.45, 2.75) is 26.4 Å². The molecule has 8 heteroatoms. The predicted molar refractivity (Wildman–Crippen MR) is 106 cm³/mol. The molecule has 0 radical (unpaired) electrons. The summed E-state index contributed by atoms with van der Waals surface area (Å²) >= 11 is 3.49. The van der Waals surface area contributed by atoms with Gasteiger partial charge < -0.3 is 19.3 Å². The molecule has 2 aromatic heterocycles. The zero-order valence-corrected chi connectivity index (χ0v) is 17.8. The lowest BCUT2D eigenvalue weighted by Crippen LogP contribution is -2.38. The Balaban J connectivity index is 0.00000264. The summed E-state index contributed by atoms with van der Waals surface area (Å²) in [7, 11) is 5.82. The highest BCUT2D eigenvalue weighted by molar-refractivity contribution is 14.0. The quantitative estimate of drug-likeness (QED) is 0.393. The highest BCUT2D eigenvalue weighted by atomic mass is 127. The maximum Gasteiger partial charge on any atom is 0.194 e. The van der Waals surface area contributed by atoms with Gasteiger partial charge in [-0.2, -0.15) is 0 Å². The van der Waals surface area contributed by atoms with Crippen LogP contribution in [0.5, 0.6) is 0 Å². The second-order valence-electron chi connectivity index (χ2n) is 5.16. The summed E-state index contributed by atoms with van der Waals surface area (Å²) < 4.78 is 8.45. The molecular weight excluding hydrogens is 473 g/mol. The van der Waals surface area contributed by atoms with E-state index in [1.54, 1.807) is 7.05 Å². The molecule has 0 aromatic carbocycles. The third-order valence-electron chi connectivity index (χ3n) is 3.44. The van der Waals surface area contributed by atoms with Gasteiger partial charge in [0, 0.05) is 43.6 Å². The van der Waals surface area contributed by atoms with Crippen LogP contribution in [-0.4, -0.2) is 34.7 Å². The van der Waals surface area contributed by atoms with Gasteiger partial charge in [-0.3, -0.25) is 4.99 Å². The molecule has 0 atom stereocenters. The number of hydrogen-bond acceptors (Lipinski definition) is 3. The van der Waals surface area contributed by atoms with Crippen molar-refractivity contribution >= 4 is 45.9 Å². The highest BCUT2D eigenvalue weighted by Crippen LogP contribution is 2.15. The van der Waals surface area contributed by atoms with Crippen molar-refractivity contribution < 1.29 is 4.52 Å². The summed E-state index contributed by atoms with van der Waals surface area (Å²) in [5.74, 6) is 1.62. The van der Waals surface area contributed by atoms with Gasteiger partial charge in [0.05, 0.1) is 18.8 Å². The minimum absolute atomic E-state index is 0. The van der Waals surface area contributed by atoms with E-state index in [1.807, 2.05) is 26.4 Å². The summed E-state index contributed by atoms with van der Waals surface area (Å²) in [5, 5.41) is 7.28. The molecule has 0 amide bonds. The highest BCUT2D eigenvalue weighted by Gasteiger charge is 2.11. The minimum Gasteiger partial charge on any atom is -0.359 e. The third kappa shape index (κ3) is 5.52. The molecule has 0 aliphatic rings. The maximum absolute atomic E-state index is 5.27. The minimum atomic E-state index is 0. The second kappa shape index (κ2) is 9.31. The van der Waals surface area contributed by atoms with Crippen molar-refractivity contribution in [1.29, 1.82) is 0 Å². The van der Waals surface area contributed by atoms with Crippen LogP contribution in [0.25, 0.3) is 0 Å². The van der Waals surface area contributed by atoms with Crippen molar-refractivity contribution in [2.24, 2.45) is 12.0 Å². The van der Waals surface area contributed by atoms with Crippen LogP contribution in [0.4, 0.5) is 0 Å². The largest absolute Gasteiger partial charge is 0.359 e. The fourth-order valence-electron chi connectivity index (χ4n) is 2.20. The van der Waals surface area contributed by atoms with Gasteiger partial charge in [-0.1, -0.05) is 12.1 Å². The van der Waals surface area contributed by atoms with Crippen molar-refractivity contribution in [3.63, 3.8) is 0 Å². The van der Waals surface area contributed by atoms with E-state index in [2.05, 4.69) is 53.9 Å². The van der Waals surface area contributed by atoms with Crippen molar-refractivity contribution in [3.05, 3.63) is 40.0 Å². The first-order chi connectivity index (χ1) is 10.5. The van der Waals surface area contributed by atoms with Gasteiger partial charge in [-0.25, -0.2) is 0 Å². The number of aryl methyl sites for hydroxylation is 2. The van der Waals surface area contributed by atoms with Crippen LogP contribution < -0.4 is 5.32 Å². The Hall–Kier alpha value is -1.03. The van der Waals surface area contributed by atoms with Gasteiger partial charge in [0.25, 0.3) is 0 Å². The molecule has 0 aliphatic carbocycles. The second-order valence-corrected chi connectivity index (χ2v) is 6.07. The molecule has 2 rings (SSSR count). The van der Waals surface area contributed by atoms with E-state index in [-0.39, 0.29) is 24.0 Å². The van der Waals surface area contributed by atoms with Crippen LogP contribution in [0, 0.1) is 0 Å². The normalized spacial score (nSPS) is 11.3. The molecule has 0 spiro atoms. The average Bonchev–Trinajstić information content (AvgIpc) is 3.06. The van der Waals surface area contributed by atoms with E-state index in [0.29, 0.717) is 6.54 Å². The van der Waals surface area contributed by atoms with Crippen LogP contribution in [0.2, 0.25) is 0 Å². The lowest BCUT2D eigenvalue weighted by Gasteiger charge is -2.21. The van der Waals surface area contributed by atoms with Gasteiger partial charge in [-0.05, 0) is 28.4 Å². The lowest BCUT2D eigenvalue weighted by molar-refractivity contribution is 0.371. The Morgan fingerprint density at radius 3 is 2.74 bits per heavy atom. The summed E-state index contributed by atoms with van der Waals surface area (Å²) in [6.07, 6.45) is 2.92. The summed E-state index contributed by atoms with van der Waals surface area (Å²) in [6.45, 7) is 3.39. The summed E-state index contributed by atoms with van der Waals surface area (Å²) in [4.78, 5) is 6.38. The van der Waals surface area contributed by atoms with Crippen molar-refractivity contribution in [3.8, 4) is 0 Å². The topological polar surface area (TPSA) is 58.6 Å². The molecule has 0 bridgehead atoms. The van der Waals surface area contributed by atoms with Gasteiger partial charge in [0.1, 0.15) is 0 Å². The Morgan fingerprint density at radius 2 is 2.22 bits per heavy atom. The van der Waals surface area contributed by atoms with Crippen LogP contribution in [0.1, 0.15) is 24.1 Å². The summed E-state index contributed by atoms with van der Waals surface area (Å²) in [5.41, 5.74) is 2.17. The number of nitrogens with one attached hydrogen (secondary N) is 1. The number of aliphatic imine (C=N–C) groups is 1. The molecule has 6 nitrogen and oxygen atoms in total. The predicted octanol–water partition coefficient (Wildman–Crippen LogP) is 3.16. The monoisotopic (exact) mass is 495 g/mol. The fourth-order valence-corrected chi connectivity index (χ4v) is 2.77. The van der Waals surface area contributed by atoms with E-state index in [4.69, 9.17) is 4.52 Å². The van der Waals surface area contributed by atoms with Gasteiger partial charge in [-0.15, -0.1) is 24.0 Å². The van der Waals surface area contributed by atoms with Crippen LogP contribution in [-0.2, 0) is 26.6 Å². The molecule has 23 heavy (non-hydrogen) atoms. The smallest absolute Gasteiger partial charge is 0.194 e. The molecule has 0 saturated carbocycles. The molecule has 128 valence electrons. The van der Waals surface area contributed by atoms with Gasteiger partial charge in [0.15, 0.2) is 11.7 Å². The molecule has 2 heterocycles. The van der Waals surface area contributed by atoms with E-state index in [0.717, 1.165) is 34.9 Å². The van der Waals surface area contributed by atoms with Crippen LogP contribution in [0.3, 0.4) is 0 Å². The number of hydrogen-bond donors (Lipinski definition) is 1. The molecule has 1 N–H and O–H groups in total. The Kier molecular flexibility index (Phi) is 8.10. The zero-order chi connectivity index (χ0) is 16.1. The number of rotatable bonds is 5. The maximum atomic E-state index is 5.27. The van der Waals surface area contributed by atoms with Gasteiger partial charge in [0.2, 0.25) is 0 Å². The number of halogens is 2. The molecule has 0 aliphatic heterocycles. The number of aromatic nitrogens is 2. The van der Waals surface area contributed by atoms with E-state index in [1.165, 1.54) is 5.69 Å². The van der Waals surface area contributed by atoms with E-state index in [9.17, 15) is 0 Å². The molecule has 2 aromatic rings. The van der Waals surface area contributed by atoms with E-state index < -0.39 is 0 Å². The molecular formula is C15H23BrIN5O. The van der Waals surface area contributed by atoms with Gasteiger partial charge >= 0.3 is 0 Å². The Morgan fingerprint density at radius 1 is 1.48 bits per heavy atom. The SMILES string of the molecule is CCc1cc(CNC(=NC)N(C)Cc2cc(Br)cn2C)on1.I. The van der Waals surface area contributed by atoms with Crippen molar-refractivity contribution in [2.75, 3.05) is 14.1 Å². The third-order valence-corrected chi connectivity index (χ3v) is 3.87. The van der Waals surface area contributed by atoms with Crippen LogP contribution >= 0.6 is 39.9 Å². The standard InChI is InChI=1S/C15H22BrN5O.HI/c1-5-12-7-14(22-19-12)8-18-15(17-2)21(4)10-13-6-11(16)9-20(13)3;/h6-7,9H,5,8,10H2,1-4H3,(H,17,18);1H. The molecule has 0 saturated heterocycles. The number of nitrogens with zero attached hydrogens (tertiary/aromatic N) is 4. The first-order valence-corrected chi connectivity index (χ1v) is 7.99. The molecule has 0 fully saturated rings.